The van der Waals surface area contributed by atoms with Crippen molar-refractivity contribution in [1.29, 1.82) is 0 Å². The van der Waals surface area contributed by atoms with Gasteiger partial charge >= 0.3 is 6.03 Å². The first-order valence-electron chi connectivity index (χ1n) is 8.86. The summed E-state index contributed by atoms with van der Waals surface area (Å²) in [6.07, 6.45) is 3.77. The molecule has 1 saturated heterocycles. The number of urea groups is 1. The summed E-state index contributed by atoms with van der Waals surface area (Å²) in [7, 11) is 0. The molecule has 1 aliphatic heterocycles. The monoisotopic (exact) mass is 351 g/mol. The number of nitrogens with one attached hydrogen (secondary N) is 1. The maximum Gasteiger partial charge on any atom is 0.329 e. The number of carbonyl (C=O) groups is 2. The van der Waals surface area contributed by atoms with Crippen LogP contribution in [0.3, 0.4) is 0 Å². The number of rotatable bonds is 4. The van der Waals surface area contributed by atoms with Gasteiger partial charge in [0.25, 0.3) is 5.91 Å². The van der Waals surface area contributed by atoms with E-state index in [4.69, 9.17) is 4.74 Å². The summed E-state index contributed by atoms with van der Waals surface area (Å²) in [4.78, 5) is 30.4. The van der Waals surface area contributed by atoms with E-state index in [1.807, 2.05) is 19.1 Å². The SMILES string of the molecule is CC[C@@]1(C)NC(=O)N(c2ccnc(OC3Cc4ccccc4C3)c2)C1=O. The summed E-state index contributed by atoms with van der Waals surface area (Å²) in [6.45, 7) is 3.61. The van der Waals surface area contributed by atoms with Crippen LogP contribution in [0.1, 0.15) is 31.4 Å². The third-order valence-electron chi connectivity index (χ3n) is 5.25. The Morgan fingerprint density at radius 2 is 1.92 bits per heavy atom. The zero-order valence-corrected chi connectivity index (χ0v) is 14.9. The van der Waals surface area contributed by atoms with E-state index in [0.717, 1.165) is 12.8 Å². The van der Waals surface area contributed by atoms with E-state index in [1.165, 1.54) is 16.0 Å². The third-order valence-corrected chi connectivity index (χ3v) is 5.25. The van der Waals surface area contributed by atoms with Gasteiger partial charge in [0, 0.05) is 25.1 Å². The number of nitrogens with zero attached hydrogens (tertiary/aromatic N) is 2. The molecule has 6 nitrogen and oxygen atoms in total. The van der Waals surface area contributed by atoms with E-state index in [-0.39, 0.29) is 12.0 Å². The first kappa shape index (κ1) is 16.6. The van der Waals surface area contributed by atoms with Crippen molar-refractivity contribution >= 4 is 17.6 Å². The van der Waals surface area contributed by atoms with Gasteiger partial charge < -0.3 is 10.1 Å². The molecule has 1 aromatic carbocycles. The van der Waals surface area contributed by atoms with Crippen molar-refractivity contribution in [2.24, 2.45) is 0 Å². The third kappa shape index (κ3) is 2.71. The average molecular weight is 351 g/mol. The van der Waals surface area contributed by atoms with Crippen molar-refractivity contribution in [2.75, 3.05) is 4.90 Å². The molecule has 0 unspecified atom stereocenters. The van der Waals surface area contributed by atoms with Crippen LogP contribution < -0.4 is 15.0 Å². The summed E-state index contributed by atoms with van der Waals surface area (Å²) < 4.78 is 6.03. The fraction of sp³-hybridized carbons (Fsp3) is 0.350. The lowest BCUT2D eigenvalue weighted by atomic mass is 9.99. The van der Waals surface area contributed by atoms with Gasteiger partial charge in [0.15, 0.2) is 0 Å². The maximum atomic E-state index is 12.7. The van der Waals surface area contributed by atoms with E-state index < -0.39 is 11.6 Å². The highest BCUT2D eigenvalue weighted by molar-refractivity contribution is 6.23. The molecule has 2 aliphatic rings. The van der Waals surface area contributed by atoms with Crippen molar-refractivity contribution in [2.45, 2.75) is 44.8 Å². The van der Waals surface area contributed by atoms with Crippen LogP contribution in [0.15, 0.2) is 42.6 Å². The number of ether oxygens (including phenoxy) is 1. The van der Waals surface area contributed by atoms with Crippen molar-refractivity contribution in [1.82, 2.24) is 10.3 Å². The fourth-order valence-corrected chi connectivity index (χ4v) is 3.53. The number of anilines is 1. The van der Waals surface area contributed by atoms with Crippen molar-refractivity contribution in [3.05, 3.63) is 53.7 Å². The highest BCUT2D eigenvalue weighted by Gasteiger charge is 2.47. The van der Waals surface area contributed by atoms with Crippen LogP contribution in [0.5, 0.6) is 5.88 Å². The van der Waals surface area contributed by atoms with Crippen molar-refractivity contribution in [3.8, 4) is 5.88 Å². The molecule has 2 aromatic rings. The Morgan fingerprint density at radius 3 is 2.54 bits per heavy atom. The minimum Gasteiger partial charge on any atom is -0.474 e. The number of hydrogen-bond acceptors (Lipinski definition) is 4. The largest absolute Gasteiger partial charge is 0.474 e. The molecule has 1 N–H and O–H groups in total. The number of imide groups is 1. The standard InChI is InChI=1S/C20H21N3O3/c1-3-20(2)18(24)23(19(25)22-20)15-8-9-21-17(12-15)26-16-10-13-6-4-5-7-14(13)11-16/h4-9,12,16H,3,10-11H2,1-2H3,(H,22,25)/t20-/m1/s1. The van der Waals surface area contributed by atoms with Crippen LogP contribution in [0.4, 0.5) is 10.5 Å². The molecule has 0 radical (unpaired) electrons. The lowest BCUT2D eigenvalue weighted by Gasteiger charge is -2.19. The minimum atomic E-state index is -0.867. The van der Waals surface area contributed by atoms with Gasteiger partial charge in [0.1, 0.15) is 11.6 Å². The molecule has 0 spiro atoms. The first-order chi connectivity index (χ1) is 12.5. The molecule has 2 heterocycles. The summed E-state index contributed by atoms with van der Waals surface area (Å²) in [5.41, 5.74) is 2.20. The number of fused-ring (bicyclic) bond motifs is 1. The van der Waals surface area contributed by atoms with Crippen LogP contribution in [0.25, 0.3) is 0 Å². The van der Waals surface area contributed by atoms with Gasteiger partial charge in [0.05, 0.1) is 5.69 Å². The molecule has 26 heavy (non-hydrogen) atoms. The Morgan fingerprint density at radius 1 is 1.23 bits per heavy atom. The van der Waals surface area contributed by atoms with Gasteiger partial charge in [-0.1, -0.05) is 31.2 Å². The fourth-order valence-electron chi connectivity index (χ4n) is 3.53. The normalized spacial score (nSPS) is 22.5. The van der Waals surface area contributed by atoms with Gasteiger partial charge in [-0.2, -0.15) is 0 Å². The Bertz CT molecular complexity index is 857. The molecular formula is C20H21N3O3. The Hall–Kier alpha value is -2.89. The second-order valence-electron chi connectivity index (χ2n) is 7.03. The van der Waals surface area contributed by atoms with Crippen LogP contribution >= 0.6 is 0 Å². The van der Waals surface area contributed by atoms with Gasteiger partial charge in [-0.15, -0.1) is 0 Å². The lowest BCUT2D eigenvalue weighted by molar-refractivity contribution is -0.121. The second-order valence-corrected chi connectivity index (χ2v) is 7.03. The van der Waals surface area contributed by atoms with E-state index in [9.17, 15) is 9.59 Å². The average Bonchev–Trinajstić information content (AvgIpc) is 3.13. The predicted octanol–water partition coefficient (Wildman–Crippen LogP) is 2.85. The smallest absolute Gasteiger partial charge is 0.329 e. The van der Waals surface area contributed by atoms with Crippen molar-refractivity contribution in [3.63, 3.8) is 0 Å². The molecular weight excluding hydrogens is 330 g/mol. The molecule has 0 saturated carbocycles. The van der Waals surface area contributed by atoms with E-state index in [1.54, 1.807) is 25.3 Å². The summed E-state index contributed by atoms with van der Waals surface area (Å²) >= 11 is 0. The quantitative estimate of drug-likeness (QED) is 0.860. The minimum absolute atomic E-state index is 0.0131. The van der Waals surface area contributed by atoms with Crippen LogP contribution in [0, 0.1) is 0 Å². The molecule has 0 bridgehead atoms. The topological polar surface area (TPSA) is 71.5 Å². The maximum absolute atomic E-state index is 12.7. The van der Waals surface area contributed by atoms with E-state index >= 15 is 0 Å². The van der Waals surface area contributed by atoms with E-state index in [2.05, 4.69) is 22.4 Å². The highest BCUT2D eigenvalue weighted by atomic mass is 16.5. The Balaban J connectivity index is 1.53. The molecule has 134 valence electrons. The summed E-state index contributed by atoms with van der Waals surface area (Å²) in [5, 5.41) is 2.76. The predicted molar refractivity (Wildman–Crippen MR) is 97.2 cm³/mol. The number of amides is 3. The van der Waals surface area contributed by atoms with Gasteiger partial charge in [-0.3, -0.25) is 4.79 Å². The molecule has 1 aliphatic carbocycles. The number of hydrogen-bond donors (Lipinski definition) is 1. The number of pyridine rings is 1. The summed E-state index contributed by atoms with van der Waals surface area (Å²) in [5.74, 6) is 0.168. The zero-order chi connectivity index (χ0) is 18.3. The van der Waals surface area contributed by atoms with Crippen LogP contribution in [-0.2, 0) is 17.6 Å². The molecule has 1 aromatic heterocycles. The lowest BCUT2D eigenvalue weighted by Crippen LogP contribution is -2.43. The molecule has 6 heteroatoms. The number of aromatic nitrogens is 1. The van der Waals surface area contributed by atoms with Crippen LogP contribution in [0.2, 0.25) is 0 Å². The summed E-state index contributed by atoms with van der Waals surface area (Å²) in [6, 6.07) is 11.2. The van der Waals surface area contributed by atoms with Crippen molar-refractivity contribution < 1.29 is 14.3 Å². The van der Waals surface area contributed by atoms with Crippen LogP contribution in [-0.4, -0.2) is 28.6 Å². The number of carbonyl (C=O) groups excluding carboxylic acids is 2. The number of benzene rings is 1. The highest BCUT2D eigenvalue weighted by Crippen LogP contribution is 2.30. The molecule has 1 fully saturated rings. The Labute approximate surface area is 152 Å². The molecule has 3 amide bonds. The first-order valence-corrected chi connectivity index (χ1v) is 8.86. The Kier molecular flexibility index (Phi) is 3.90. The second kappa shape index (κ2) is 6.12. The van der Waals surface area contributed by atoms with Gasteiger partial charge in [-0.05, 0) is 30.5 Å². The van der Waals surface area contributed by atoms with E-state index in [0.29, 0.717) is 18.0 Å². The molecule has 1 atom stereocenters. The van der Waals surface area contributed by atoms with Gasteiger partial charge in [-0.25, -0.2) is 14.7 Å². The molecule has 4 rings (SSSR count). The zero-order valence-electron chi connectivity index (χ0n) is 14.9. The van der Waals surface area contributed by atoms with Gasteiger partial charge in [0.2, 0.25) is 5.88 Å².